The van der Waals surface area contributed by atoms with E-state index in [-0.39, 0.29) is 12.5 Å². The van der Waals surface area contributed by atoms with Crippen molar-refractivity contribution in [3.63, 3.8) is 0 Å². The molecule has 5 nitrogen and oxygen atoms in total. The second kappa shape index (κ2) is 5.54. The highest BCUT2D eigenvalue weighted by Crippen LogP contribution is 2.21. The van der Waals surface area contributed by atoms with Crippen LogP contribution in [-0.2, 0) is 4.79 Å². The smallest absolute Gasteiger partial charge is 0.242 e. The van der Waals surface area contributed by atoms with Crippen LogP contribution in [0.15, 0.2) is 24.3 Å². The zero-order chi connectivity index (χ0) is 12.9. The van der Waals surface area contributed by atoms with Crippen LogP contribution >= 0.6 is 0 Å². The van der Waals surface area contributed by atoms with Crippen LogP contribution in [0, 0.1) is 5.41 Å². The van der Waals surface area contributed by atoms with E-state index in [0.29, 0.717) is 5.75 Å². The Morgan fingerprint density at radius 2 is 1.82 bits per heavy atom. The first-order valence-corrected chi connectivity index (χ1v) is 5.27. The van der Waals surface area contributed by atoms with Crippen LogP contribution in [0.2, 0.25) is 0 Å². The number of nitrogens with two attached hydrogens (primary N) is 1. The first-order chi connectivity index (χ1) is 7.99. The highest BCUT2D eigenvalue weighted by Gasteiger charge is 2.27. The summed E-state index contributed by atoms with van der Waals surface area (Å²) in [5.74, 6) is 6.28. The van der Waals surface area contributed by atoms with Crippen molar-refractivity contribution in [1.29, 1.82) is 0 Å². The maximum absolute atomic E-state index is 11.4. The van der Waals surface area contributed by atoms with Crippen LogP contribution in [-0.4, -0.2) is 19.6 Å². The summed E-state index contributed by atoms with van der Waals surface area (Å²) >= 11 is 0. The molecule has 1 aromatic carbocycles. The van der Waals surface area contributed by atoms with Gasteiger partial charge in [0.2, 0.25) is 5.91 Å². The van der Waals surface area contributed by atoms with Gasteiger partial charge in [-0.05, 0) is 38.1 Å². The van der Waals surface area contributed by atoms with Gasteiger partial charge < -0.3 is 9.47 Å². The third kappa shape index (κ3) is 3.64. The zero-order valence-corrected chi connectivity index (χ0v) is 10.3. The number of amides is 1. The second-order valence-corrected chi connectivity index (χ2v) is 4.32. The lowest BCUT2D eigenvalue weighted by molar-refractivity contribution is -0.130. The number of hydrogen-bond acceptors (Lipinski definition) is 4. The third-order valence-corrected chi connectivity index (χ3v) is 2.40. The molecule has 94 valence electrons. The molecular weight excluding hydrogens is 220 g/mol. The molecule has 0 radical (unpaired) electrons. The predicted molar refractivity (Wildman–Crippen MR) is 64.6 cm³/mol. The van der Waals surface area contributed by atoms with E-state index in [1.54, 1.807) is 45.2 Å². The molecule has 17 heavy (non-hydrogen) atoms. The third-order valence-electron chi connectivity index (χ3n) is 2.40. The molecule has 1 rings (SSSR count). The highest BCUT2D eigenvalue weighted by molar-refractivity contribution is 5.81. The maximum Gasteiger partial charge on any atom is 0.242 e. The van der Waals surface area contributed by atoms with Gasteiger partial charge in [0.05, 0.1) is 12.5 Å². The van der Waals surface area contributed by atoms with E-state index in [1.165, 1.54) is 0 Å². The van der Waals surface area contributed by atoms with E-state index >= 15 is 0 Å². The molecule has 0 aliphatic heterocycles. The fourth-order valence-corrected chi connectivity index (χ4v) is 1.20. The van der Waals surface area contributed by atoms with Gasteiger partial charge in [0, 0.05) is 0 Å². The number of ether oxygens (including phenoxy) is 2. The van der Waals surface area contributed by atoms with Gasteiger partial charge in [0.15, 0.2) is 0 Å². The SMILES string of the molecule is COc1ccc(OCC(C)(C)C(=O)NN)cc1. The van der Waals surface area contributed by atoms with E-state index in [9.17, 15) is 4.79 Å². The summed E-state index contributed by atoms with van der Waals surface area (Å²) in [6.45, 7) is 3.78. The molecule has 5 heteroatoms. The van der Waals surface area contributed by atoms with E-state index in [2.05, 4.69) is 5.43 Å². The Kier molecular flexibility index (Phi) is 4.34. The van der Waals surface area contributed by atoms with Crippen LogP contribution < -0.4 is 20.7 Å². The van der Waals surface area contributed by atoms with Gasteiger partial charge in [-0.25, -0.2) is 5.84 Å². The summed E-state index contributed by atoms with van der Waals surface area (Å²) in [7, 11) is 1.60. The van der Waals surface area contributed by atoms with Crippen molar-refractivity contribution in [2.24, 2.45) is 11.3 Å². The molecule has 0 aliphatic rings. The van der Waals surface area contributed by atoms with Crippen LogP contribution in [0.3, 0.4) is 0 Å². The Morgan fingerprint density at radius 1 is 1.29 bits per heavy atom. The Balaban J connectivity index is 2.57. The Hall–Kier alpha value is -1.75. The number of carbonyl (C=O) groups is 1. The number of nitrogens with one attached hydrogen (secondary N) is 1. The van der Waals surface area contributed by atoms with Gasteiger partial charge in [0.25, 0.3) is 0 Å². The van der Waals surface area contributed by atoms with Gasteiger partial charge in [-0.3, -0.25) is 10.2 Å². The molecule has 1 amide bonds. The fraction of sp³-hybridized carbons (Fsp3) is 0.417. The summed E-state index contributed by atoms with van der Waals surface area (Å²) in [6, 6.07) is 7.17. The van der Waals surface area contributed by atoms with Gasteiger partial charge in [-0.1, -0.05) is 0 Å². The molecule has 3 N–H and O–H groups in total. The molecule has 0 saturated carbocycles. The van der Waals surface area contributed by atoms with Crippen LogP contribution in [0.5, 0.6) is 11.5 Å². The van der Waals surface area contributed by atoms with Crippen molar-refractivity contribution in [1.82, 2.24) is 5.43 Å². The number of methoxy groups -OCH3 is 1. The van der Waals surface area contributed by atoms with Crippen molar-refractivity contribution in [2.75, 3.05) is 13.7 Å². The van der Waals surface area contributed by atoms with Gasteiger partial charge in [0.1, 0.15) is 18.1 Å². The summed E-state index contributed by atoms with van der Waals surface area (Å²) in [5, 5.41) is 0. The molecular formula is C12H18N2O3. The molecule has 0 atom stereocenters. The molecule has 0 aliphatic carbocycles. The van der Waals surface area contributed by atoms with Crippen LogP contribution in [0.25, 0.3) is 0 Å². The summed E-state index contributed by atoms with van der Waals surface area (Å²) in [4.78, 5) is 11.4. The number of hydrazine groups is 1. The zero-order valence-electron chi connectivity index (χ0n) is 10.3. The standard InChI is InChI=1S/C12H18N2O3/c1-12(2,11(15)14-13)8-17-10-6-4-9(16-3)5-7-10/h4-7H,8,13H2,1-3H3,(H,14,15). The molecule has 0 unspecified atom stereocenters. The molecule has 0 spiro atoms. The first-order valence-electron chi connectivity index (χ1n) is 5.27. The van der Waals surface area contributed by atoms with Crippen molar-refractivity contribution in [3.05, 3.63) is 24.3 Å². The number of rotatable bonds is 5. The minimum Gasteiger partial charge on any atom is -0.497 e. The highest BCUT2D eigenvalue weighted by atomic mass is 16.5. The molecule has 0 aromatic heterocycles. The monoisotopic (exact) mass is 238 g/mol. The lowest BCUT2D eigenvalue weighted by atomic mass is 9.94. The summed E-state index contributed by atoms with van der Waals surface area (Å²) in [5.41, 5.74) is 1.45. The van der Waals surface area contributed by atoms with Gasteiger partial charge in [-0.15, -0.1) is 0 Å². The van der Waals surface area contributed by atoms with Crippen LogP contribution in [0.4, 0.5) is 0 Å². The lowest BCUT2D eigenvalue weighted by Crippen LogP contribution is -2.44. The average Bonchev–Trinajstić information content (AvgIpc) is 2.36. The Morgan fingerprint density at radius 3 is 2.29 bits per heavy atom. The number of benzene rings is 1. The maximum atomic E-state index is 11.4. The van der Waals surface area contributed by atoms with Gasteiger partial charge in [-0.2, -0.15) is 0 Å². The topological polar surface area (TPSA) is 73.6 Å². The lowest BCUT2D eigenvalue weighted by Gasteiger charge is -2.22. The number of hydrogen-bond donors (Lipinski definition) is 2. The molecule has 1 aromatic rings. The van der Waals surface area contributed by atoms with Crippen molar-refractivity contribution >= 4 is 5.91 Å². The minimum atomic E-state index is -0.672. The predicted octanol–water partition coefficient (Wildman–Crippen LogP) is 1.09. The fourth-order valence-electron chi connectivity index (χ4n) is 1.20. The molecule has 0 bridgehead atoms. The quantitative estimate of drug-likeness (QED) is 0.457. The van der Waals surface area contributed by atoms with Gasteiger partial charge >= 0.3 is 0 Å². The Labute approximate surface area is 101 Å². The molecule has 0 heterocycles. The minimum absolute atomic E-state index is 0.252. The number of carbonyl (C=O) groups excluding carboxylic acids is 1. The first kappa shape index (κ1) is 13.3. The Bertz CT molecular complexity index is 374. The average molecular weight is 238 g/mol. The normalized spacial score (nSPS) is 10.8. The van der Waals surface area contributed by atoms with E-state index in [4.69, 9.17) is 15.3 Å². The van der Waals surface area contributed by atoms with E-state index in [0.717, 1.165) is 5.75 Å². The van der Waals surface area contributed by atoms with Crippen molar-refractivity contribution in [2.45, 2.75) is 13.8 Å². The van der Waals surface area contributed by atoms with Crippen LogP contribution in [0.1, 0.15) is 13.8 Å². The molecule has 0 saturated heterocycles. The van der Waals surface area contributed by atoms with E-state index in [1.807, 2.05) is 0 Å². The molecule has 0 fully saturated rings. The second-order valence-electron chi connectivity index (χ2n) is 4.32. The van der Waals surface area contributed by atoms with E-state index < -0.39 is 5.41 Å². The largest absolute Gasteiger partial charge is 0.497 e. The summed E-state index contributed by atoms with van der Waals surface area (Å²) < 4.78 is 10.6. The summed E-state index contributed by atoms with van der Waals surface area (Å²) in [6.07, 6.45) is 0. The van der Waals surface area contributed by atoms with Crippen molar-refractivity contribution in [3.8, 4) is 11.5 Å². The van der Waals surface area contributed by atoms with Crippen molar-refractivity contribution < 1.29 is 14.3 Å².